The van der Waals surface area contributed by atoms with Crippen LogP contribution in [0.1, 0.15) is 32.1 Å². The Kier molecular flexibility index (Phi) is 2.74. The molecule has 0 aliphatic rings. The van der Waals surface area contributed by atoms with E-state index in [-0.39, 0.29) is 0 Å². The van der Waals surface area contributed by atoms with E-state index in [1.807, 2.05) is 6.92 Å². The highest BCUT2D eigenvalue weighted by molar-refractivity contribution is 5.40. The van der Waals surface area contributed by atoms with E-state index >= 15 is 0 Å². The molecule has 0 bridgehead atoms. The predicted octanol–water partition coefficient (Wildman–Crippen LogP) is 2.02. The van der Waals surface area contributed by atoms with Crippen molar-refractivity contribution in [2.45, 2.75) is 33.6 Å². The molecule has 3 nitrogen and oxygen atoms in total. The monoisotopic (exact) mass is 168 g/mol. The van der Waals surface area contributed by atoms with E-state index < -0.39 is 0 Å². The van der Waals surface area contributed by atoms with Crippen molar-refractivity contribution < 1.29 is 4.52 Å². The van der Waals surface area contributed by atoms with E-state index in [2.05, 4.69) is 19.0 Å². The van der Waals surface area contributed by atoms with Crippen molar-refractivity contribution in [1.29, 1.82) is 0 Å². The Morgan fingerprint density at radius 1 is 1.50 bits per heavy atom. The number of rotatable bonds is 3. The minimum Gasteiger partial charge on any atom is -0.381 e. The predicted molar refractivity (Wildman–Crippen MR) is 48.8 cm³/mol. The van der Waals surface area contributed by atoms with Crippen LogP contribution in [0.15, 0.2) is 4.52 Å². The summed E-state index contributed by atoms with van der Waals surface area (Å²) in [6, 6.07) is 0. The fourth-order valence-electron chi connectivity index (χ4n) is 1.26. The number of hydrogen-bond donors (Lipinski definition) is 1. The van der Waals surface area contributed by atoms with Crippen LogP contribution in [-0.4, -0.2) is 5.16 Å². The Bertz CT molecular complexity index is 253. The molecule has 1 aromatic heterocycles. The molecule has 3 heteroatoms. The first kappa shape index (κ1) is 9.10. The largest absolute Gasteiger partial charge is 0.381 e. The molecule has 1 heterocycles. The molecule has 0 aliphatic heterocycles. The summed E-state index contributed by atoms with van der Waals surface area (Å²) in [5.74, 6) is 2.08. The van der Waals surface area contributed by atoms with E-state index in [0.29, 0.717) is 11.7 Å². The number of aromatic nitrogens is 1. The first-order chi connectivity index (χ1) is 5.65. The van der Waals surface area contributed by atoms with Crippen LogP contribution >= 0.6 is 0 Å². The Morgan fingerprint density at radius 2 is 2.17 bits per heavy atom. The summed E-state index contributed by atoms with van der Waals surface area (Å²) >= 11 is 0. The number of nitrogens with zero attached hydrogens (tertiary/aromatic N) is 1. The average Bonchev–Trinajstić information content (AvgIpc) is 2.32. The van der Waals surface area contributed by atoms with E-state index in [1.165, 1.54) is 0 Å². The lowest BCUT2D eigenvalue weighted by atomic mass is 10.0. The second-order valence-corrected chi connectivity index (χ2v) is 3.42. The Labute approximate surface area is 72.9 Å². The second kappa shape index (κ2) is 3.61. The molecule has 0 saturated heterocycles. The van der Waals surface area contributed by atoms with Crippen molar-refractivity contribution in [3.05, 3.63) is 11.3 Å². The van der Waals surface area contributed by atoms with Crippen molar-refractivity contribution in [3.63, 3.8) is 0 Å². The Morgan fingerprint density at radius 3 is 2.67 bits per heavy atom. The first-order valence-corrected chi connectivity index (χ1v) is 4.38. The fourth-order valence-corrected chi connectivity index (χ4v) is 1.26. The quantitative estimate of drug-likeness (QED) is 0.751. The standard InChI is InChI=1S/C9H16N2O/c1-4-8-7(5-6(2)3)9(10)11-12-8/h6H,4-5H2,1-3H3,(H2,10,11). The van der Waals surface area contributed by atoms with Gasteiger partial charge in [-0.1, -0.05) is 25.9 Å². The fraction of sp³-hybridized carbons (Fsp3) is 0.667. The van der Waals surface area contributed by atoms with Crippen LogP contribution in [-0.2, 0) is 12.8 Å². The number of aryl methyl sites for hydroxylation is 1. The van der Waals surface area contributed by atoms with Gasteiger partial charge in [-0.25, -0.2) is 0 Å². The van der Waals surface area contributed by atoms with Crippen molar-refractivity contribution in [2.24, 2.45) is 5.92 Å². The van der Waals surface area contributed by atoms with Gasteiger partial charge in [-0.2, -0.15) is 0 Å². The van der Waals surface area contributed by atoms with Crippen LogP contribution in [0.2, 0.25) is 0 Å². The molecule has 0 spiro atoms. The van der Waals surface area contributed by atoms with Gasteiger partial charge in [-0.3, -0.25) is 0 Å². The molecule has 1 aromatic rings. The zero-order valence-corrected chi connectivity index (χ0v) is 7.92. The molecular weight excluding hydrogens is 152 g/mol. The lowest BCUT2D eigenvalue weighted by Crippen LogP contribution is -1.99. The summed E-state index contributed by atoms with van der Waals surface area (Å²) in [4.78, 5) is 0. The topological polar surface area (TPSA) is 52.0 Å². The maximum absolute atomic E-state index is 5.66. The van der Waals surface area contributed by atoms with Gasteiger partial charge in [0, 0.05) is 12.0 Å². The Hall–Kier alpha value is -0.990. The molecule has 1 rings (SSSR count). The van der Waals surface area contributed by atoms with Gasteiger partial charge in [-0.15, -0.1) is 0 Å². The van der Waals surface area contributed by atoms with Gasteiger partial charge in [0.05, 0.1) is 0 Å². The van der Waals surface area contributed by atoms with Gasteiger partial charge in [0.2, 0.25) is 0 Å². The van der Waals surface area contributed by atoms with E-state index in [4.69, 9.17) is 10.3 Å². The SMILES string of the molecule is CCc1onc(N)c1CC(C)C. The maximum Gasteiger partial charge on any atom is 0.170 e. The normalized spacial score (nSPS) is 11.0. The third kappa shape index (κ3) is 1.78. The van der Waals surface area contributed by atoms with Crippen LogP contribution < -0.4 is 5.73 Å². The van der Waals surface area contributed by atoms with Gasteiger partial charge in [-0.05, 0) is 12.3 Å². The molecule has 2 N–H and O–H groups in total. The summed E-state index contributed by atoms with van der Waals surface area (Å²) in [7, 11) is 0. The molecule has 0 atom stereocenters. The van der Waals surface area contributed by atoms with Gasteiger partial charge < -0.3 is 10.3 Å². The average molecular weight is 168 g/mol. The van der Waals surface area contributed by atoms with E-state index in [0.717, 1.165) is 24.2 Å². The smallest absolute Gasteiger partial charge is 0.170 e. The van der Waals surface area contributed by atoms with Crippen LogP contribution in [0.25, 0.3) is 0 Å². The third-order valence-electron chi connectivity index (χ3n) is 1.83. The summed E-state index contributed by atoms with van der Waals surface area (Å²) in [5.41, 5.74) is 6.75. The summed E-state index contributed by atoms with van der Waals surface area (Å²) in [5, 5.41) is 3.74. The molecular formula is C9H16N2O. The van der Waals surface area contributed by atoms with Crippen LogP contribution in [0.5, 0.6) is 0 Å². The molecule has 0 aromatic carbocycles. The van der Waals surface area contributed by atoms with Crippen LogP contribution in [0, 0.1) is 5.92 Å². The van der Waals surface area contributed by atoms with E-state index in [1.54, 1.807) is 0 Å². The maximum atomic E-state index is 5.66. The van der Waals surface area contributed by atoms with Crippen LogP contribution in [0.3, 0.4) is 0 Å². The molecule has 0 fully saturated rings. The number of hydrogen-bond acceptors (Lipinski definition) is 3. The minimum atomic E-state index is 0.556. The molecule has 0 aliphatic carbocycles. The lowest BCUT2D eigenvalue weighted by Gasteiger charge is -2.02. The summed E-state index contributed by atoms with van der Waals surface area (Å²) in [6.45, 7) is 6.36. The molecule has 0 saturated carbocycles. The molecule has 12 heavy (non-hydrogen) atoms. The van der Waals surface area contributed by atoms with Gasteiger partial charge in [0.15, 0.2) is 5.82 Å². The Balaban J connectivity index is 2.86. The summed E-state index contributed by atoms with van der Waals surface area (Å²) in [6.07, 6.45) is 1.82. The highest BCUT2D eigenvalue weighted by Gasteiger charge is 2.12. The lowest BCUT2D eigenvalue weighted by molar-refractivity contribution is 0.387. The van der Waals surface area contributed by atoms with Crippen molar-refractivity contribution in [2.75, 3.05) is 5.73 Å². The van der Waals surface area contributed by atoms with Crippen LogP contribution in [0.4, 0.5) is 5.82 Å². The molecule has 0 amide bonds. The molecule has 68 valence electrons. The second-order valence-electron chi connectivity index (χ2n) is 3.42. The third-order valence-corrected chi connectivity index (χ3v) is 1.83. The van der Waals surface area contributed by atoms with Crippen molar-refractivity contribution in [1.82, 2.24) is 5.16 Å². The zero-order chi connectivity index (χ0) is 9.14. The summed E-state index contributed by atoms with van der Waals surface area (Å²) < 4.78 is 5.07. The van der Waals surface area contributed by atoms with Gasteiger partial charge in [0.1, 0.15) is 5.76 Å². The highest BCUT2D eigenvalue weighted by atomic mass is 16.5. The minimum absolute atomic E-state index is 0.556. The first-order valence-electron chi connectivity index (χ1n) is 4.38. The number of nitrogen functional groups attached to an aromatic ring is 1. The molecule has 0 unspecified atom stereocenters. The number of nitrogens with two attached hydrogens (primary N) is 1. The highest BCUT2D eigenvalue weighted by Crippen LogP contribution is 2.20. The molecule has 0 radical (unpaired) electrons. The zero-order valence-electron chi connectivity index (χ0n) is 7.92. The van der Waals surface area contributed by atoms with Gasteiger partial charge >= 0.3 is 0 Å². The van der Waals surface area contributed by atoms with Gasteiger partial charge in [0.25, 0.3) is 0 Å². The van der Waals surface area contributed by atoms with E-state index in [9.17, 15) is 0 Å². The number of anilines is 1. The van der Waals surface area contributed by atoms with Crippen molar-refractivity contribution in [3.8, 4) is 0 Å². The van der Waals surface area contributed by atoms with Crippen molar-refractivity contribution >= 4 is 5.82 Å².